The normalized spacial score (nSPS) is 11.5. The van der Waals surface area contributed by atoms with E-state index in [1.165, 1.54) is 0 Å². The molecule has 0 radical (unpaired) electrons. The summed E-state index contributed by atoms with van der Waals surface area (Å²) in [6, 6.07) is 11.9. The van der Waals surface area contributed by atoms with Crippen LogP contribution in [0.5, 0.6) is 5.75 Å². The predicted molar refractivity (Wildman–Crippen MR) is 113 cm³/mol. The maximum Gasteiger partial charge on any atom is 0.260 e. The first-order valence-electron chi connectivity index (χ1n) is 9.07. The number of aromatic amines is 1. The zero-order valence-corrected chi connectivity index (χ0v) is 16.6. The maximum atomic E-state index is 12.5. The van der Waals surface area contributed by atoms with Crippen LogP contribution in [0.25, 0.3) is 33.1 Å². The van der Waals surface area contributed by atoms with Gasteiger partial charge in [0, 0.05) is 5.56 Å². The van der Waals surface area contributed by atoms with Gasteiger partial charge in [-0.1, -0.05) is 30.3 Å². The van der Waals surface area contributed by atoms with E-state index >= 15 is 0 Å². The van der Waals surface area contributed by atoms with Crippen LogP contribution in [0, 0.1) is 6.92 Å². The standard InChI is InChI=1S/C22H18N2O4S/c1-3-28-16-10-8-13-6-4-5-7-14(13)15(16)9-11-17-23-20(25)18-12(2)19(22(26)27)29-21(18)24-17/h4-11H,3H2,1-2H3,(H,26,27)(H,23,24,25)/p-1/b11-9+. The summed E-state index contributed by atoms with van der Waals surface area (Å²) in [5.41, 5.74) is 0.881. The van der Waals surface area contributed by atoms with Crippen LogP contribution >= 0.6 is 11.3 Å². The molecular weight excluding hydrogens is 388 g/mol. The zero-order chi connectivity index (χ0) is 20.5. The minimum Gasteiger partial charge on any atom is -0.544 e. The second-order valence-electron chi connectivity index (χ2n) is 6.44. The van der Waals surface area contributed by atoms with Crippen molar-refractivity contribution in [1.29, 1.82) is 0 Å². The first-order chi connectivity index (χ1) is 14.0. The van der Waals surface area contributed by atoms with Gasteiger partial charge in [0.25, 0.3) is 5.56 Å². The molecule has 4 aromatic rings. The smallest absolute Gasteiger partial charge is 0.260 e. The fourth-order valence-corrected chi connectivity index (χ4v) is 4.35. The number of aryl methyl sites for hydroxylation is 1. The number of carboxylic acids is 1. The van der Waals surface area contributed by atoms with Crippen LogP contribution in [0.4, 0.5) is 0 Å². The molecule has 0 aliphatic carbocycles. The molecule has 0 unspecified atom stereocenters. The molecule has 7 heteroatoms. The van der Waals surface area contributed by atoms with E-state index in [4.69, 9.17) is 4.74 Å². The highest BCUT2D eigenvalue weighted by Gasteiger charge is 2.14. The summed E-state index contributed by atoms with van der Waals surface area (Å²) in [6.07, 6.45) is 3.54. The Kier molecular flexibility index (Phi) is 4.90. The number of thiophene rings is 1. The van der Waals surface area contributed by atoms with E-state index < -0.39 is 5.97 Å². The number of benzene rings is 2. The Hall–Kier alpha value is -3.45. The molecule has 2 aromatic heterocycles. The number of hydrogen-bond acceptors (Lipinski definition) is 6. The molecule has 146 valence electrons. The first kappa shape index (κ1) is 18.9. The summed E-state index contributed by atoms with van der Waals surface area (Å²) in [5.74, 6) is -0.236. The van der Waals surface area contributed by atoms with Crippen molar-refractivity contribution in [2.24, 2.45) is 0 Å². The molecular formula is C22H17N2O4S-. The highest BCUT2D eigenvalue weighted by molar-refractivity contribution is 7.20. The highest BCUT2D eigenvalue weighted by Crippen LogP contribution is 2.30. The van der Waals surface area contributed by atoms with E-state index in [1.54, 1.807) is 13.0 Å². The number of nitrogens with one attached hydrogen (secondary N) is 1. The molecule has 29 heavy (non-hydrogen) atoms. The Morgan fingerprint density at radius 1 is 1.24 bits per heavy atom. The average molecular weight is 405 g/mol. The Balaban J connectivity index is 1.84. The van der Waals surface area contributed by atoms with Gasteiger partial charge in [-0.25, -0.2) is 4.98 Å². The first-order valence-corrected chi connectivity index (χ1v) is 9.88. The van der Waals surface area contributed by atoms with Crippen LogP contribution < -0.4 is 15.4 Å². The van der Waals surface area contributed by atoms with Crippen molar-refractivity contribution in [3.63, 3.8) is 0 Å². The molecule has 0 atom stereocenters. The number of aromatic carboxylic acids is 1. The van der Waals surface area contributed by atoms with Gasteiger partial charge < -0.3 is 19.6 Å². The third-order valence-electron chi connectivity index (χ3n) is 4.64. The van der Waals surface area contributed by atoms with Gasteiger partial charge in [0.1, 0.15) is 16.4 Å². The second-order valence-corrected chi connectivity index (χ2v) is 7.44. The predicted octanol–water partition coefficient (Wildman–Crippen LogP) is 3.38. The molecule has 0 aliphatic heterocycles. The summed E-state index contributed by atoms with van der Waals surface area (Å²) in [4.78, 5) is 31.3. The van der Waals surface area contributed by atoms with Crippen LogP contribution in [0.3, 0.4) is 0 Å². The van der Waals surface area contributed by atoms with Crippen molar-refractivity contribution < 1.29 is 14.6 Å². The zero-order valence-electron chi connectivity index (χ0n) is 15.8. The van der Waals surface area contributed by atoms with Crippen molar-refractivity contribution in [2.45, 2.75) is 13.8 Å². The van der Waals surface area contributed by atoms with Gasteiger partial charge in [0.2, 0.25) is 0 Å². The summed E-state index contributed by atoms with van der Waals surface area (Å²) in [5, 5.41) is 13.6. The number of nitrogens with zero attached hydrogens (tertiary/aromatic N) is 1. The third kappa shape index (κ3) is 3.40. The van der Waals surface area contributed by atoms with Gasteiger partial charge in [0.05, 0.1) is 22.8 Å². The highest BCUT2D eigenvalue weighted by atomic mass is 32.1. The number of ether oxygens (including phenoxy) is 1. The minimum absolute atomic E-state index is 0.0202. The molecule has 1 N–H and O–H groups in total. The van der Waals surface area contributed by atoms with Gasteiger partial charge in [0.15, 0.2) is 0 Å². The largest absolute Gasteiger partial charge is 0.544 e. The maximum absolute atomic E-state index is 12.5. The minimum atomic E-state index is -1.31. The fraction of sp³-hybridized carbons (Fsp3) is 0.136. The number of fused-ring (bicyclic) bond motifs is 2. The van der Waals surface area contributed by atoms with Crippen LogP contribution in [-0.2, 0) is 0 Å². The van der Waals surface area contributed by atoms with Crippen molar-refractivity contribution in [3.8, 4) is 5.75 Å². The number of H-pyrrole nitrogens is 1. The monoisotopic (exact) mass is 405 g/mol. The summed E-state index contributed by atoms with van der Waals surface area (Å²) < 4.78 is 5.76. The fourth-order valence-electron chi connectivity index (χ4n) is 3.33. The summed E-state index contributed by atoms with van der Waals surface area (Å²) in [7, 11) is 0. The number of hydrogen-bond donors (Lipinski definition) is 1. The van der Waals surface area contributed by atoms with Gasteiger partial charge in [-0.15, -0.1) is 11.3 Å². The molecule has 0 saturated heterocycles. The van der Waals surface area contributed by atoms with Crippen LogP contribution in [0.2, 0.25) is 0 Å². The van der Waals surface area contributed by atoms with Crippen molar-refractivity contribution >= 4 is 50.4 Å². The van der Waals surface area contributed by atoms with Crippen molar-refractivity contribution in [1.82, 2.24) is 9.97 Å². The summed E-state index contributed by atoms with van der Waals surface area (Å²) in [6.45, 7) is 4.03. The van der Waals surface area contributed by atoms with E-state index in [2.05, 4.69) is 9.97 Å². The van der Waals surface area contributed by atoms with E-state index in [9.17, 15) is 14.7 Å². The van der Waals surface area contributed by atoms with Gasteiger partial charge in [-0.05, 0) is 48.4 Å². The Bertz CT molecular complexity index is 1330. The Morgan fingerprint density at radius 2 is 2.03 bits per heavy atom. The van der Waals surface area contributed by atoms with Crippen molar-refractivity contribution in [2.75, 3.05) is 6.61 Å². The molecule has 0 aliphatic rings. The second kappa shape index (κ2) is 7.52. The number of carboxylic acid groups (broad SMARTS) is 1. The Morgan fingerprint density at radius 3 is 2.79 bits per heavy atom. The average Bonchev–Trinajstić information content (AvgIpc) is 3.04. The van der Waals surface area contributed by atoms with Gasteiger partial charge >= 0.3 is 0 Å². The van der Waals surface area contributed by atoms with Crippen LogP contribution in [-0.4, -0.2) is 22.5 Å². The molecule has 2 heterocycles. The van der Waals surface area contributed by atoms with E-state index in [0.717, 1.165) is 33.4 Å². The molecule has 4 rings (SSSR count). The van der Waals surface area contributed by atoms with Crippen LogP contribution in [0.15, 0.2) is 41.2 Å². The van der Waals surface area contributed by atoms with Crippen molar-refractivity contribution in [3.05, 3.63) is 68.6 Å². The van der Waals surface area contributed by atoms with E-state index in [-0.39, 0.29) is 15.8 Å². The number of aromatic nitrogens is 2. The number of rotatable bonds is 5. The lowest BCUT2D eigenvalue weighted by Crippen LogP contribution is -2.21. The van der Waals surface area contributed by atoms with Gasteiger partial charge in [-0.3, -0.25) is 4.79 Å². The quantitative estimate of drug-likeness (QED) is 0.549. The molecule has 0 spiro atoms. The molecule has 0 saturated carbocycles. The molecule has 0 amide bonds. The lowest BCUT2D eigenvalue weighted by molar-refractivity contribution is -0.254. The lowest BCUT2D eigenvalue weighted by Gasteiger charge is -2.10. The Labute approximate surface area is 170 Å². The lowest BCUT2D eigenvalue weighted by atomic mass is 10.0. The molecule has 0 fully saturated rings. The summed E-state index contributed by atoms with van der Waals surface area (Å²) >= 11 is 0.944. The topological polar surface area (TPSA) is 95.1 Å². The number of carbonyl (C=O) groups excluding carboxylic acids is 1. The number of carbonyl (C=O) groups is 1. The third-order valence-corrected chi connectivity index (χ3v) is 5.81. The molecule has 6 nitrogen and oxygen atoms in total. The van der Waals surface area contributed by atoms with E-state index in [1.807, 2.05) is 49.4 Å². The molecule has 0 bridgehead atoms. The molecule has 2 aromatic carbocycles. The van der Waals surface area contributed by atoms with Gasteiger partial charge in [-0.2, -0.15) is 0 Å². The van der Waals surface area contributed by atoms with E-state index in [0.29, 0.717) is 22.8 Å². The van der Waals surface area contributed by atoms with Crippen LogP contribution in [0.1, 0.15) is 33.5 Å². The SMILES string of the molecule is CCOc1ccc2ccccc2c1/C=C/c1nc2sc(C(=O)[O-])c(C)c2c(=O)[nH]1.